The van der Waals surface area contributed by atoms with Gasteiger partial charge in [-0.2, -0.15) is 0 Å². The van der Waals surface area contributed by atoms with Crippen LogP contribution in [0.25, 0.3) is 0 Å². The van der Waals surface area contributed by atoms with Gasteiger partial charge in [-0.3, -0.25) is 0 Å². The third-order valence-corrected chi connectivity index (χ3v) is 2.63. The van der Waals surface area contributed by atoms with Gasteiger partial charge < -0.3 is 14.2 Å². The van der Waals surface area contributed by atoms with E-state index in [2.05, 4.69) is 31.2 Å². The van der Waals surface area contributed by atoms with Crippen LogP contribution >= 0.6 is 0 Å². The van der Waals surface area contributed by atoms with Crippen LogP contribution in [0.3, 0.4) is 0 Å². The van der Waals surface area contributed by atoms with E-state index >= 15 is 0 Å². The topological polar surface area (TPSA) is 27.7 Å². The van der Waals surface area contributed by atoms with Gasteiger partial charge in [0.05, 0.1) is 6.42 Å². The van der Waals surface area contributed by atoms with Crippen molar-refractivity contribution < 1.29 is 14.2 Å². The molecule has 1 aromatic carbocycles. The summed E-state index contributed by atoms with van der Waals surface area (Å²) in [7, 11) is 0. The third kappa shape index (κ3) is 4.41. The average molecular weight is 252 g/mol. The van der Waals surface area contributed by atoms with Crippen molar-refractivity contribution in [2.45, 2.75) is 40.1 Å². The molecule has 0 fully saturated rings. The molecular formula is C15H24O3. The Balaban J connectivity index is 2.84. The highest BCUT2D eigenvalue weighted by molar-refractivity contribution is 5.22. The summed E-state index contributed by atoms with van der Waals surface area (Å²) in [5.74, 6) is -0.951. The molecule has 0 spiro atoms. The summed E-state index contributed by atoms with van der Waals surface area (Å²) in [5, 5.41) is 0. The van der Waals surface area contributed by atoms with Crippen molar-refractivity contribution in [2.75, 3.05) is 19.8 Å². The van der Waals surface area contributed by atoms with E-state index in [1.165, 1.54) is 5.56 Å². The molecule has 0 radical (unpaired) electrons. The highest BCUT2D eigenvalue weighted by atomic mass is 16.9. The minimum Gasteiger partial charge on any atom is -0.327 e. The first-order chi connectivity index (χ1) is 8.65. The van der Waals surface area contributed by atoms with Crippen LogP contribution in [0.2, 0.25) is 0 Å². The van der Waals surface area contributed by atoms with Gasteiger partial charge in [-0.25, -0.2) is 0 Å². The molecule has 0 atom stereocenters. The predicted molar refractivity (Wildman–Crippen MR) is 72.5 cm³/mol. The molecule has 0 aliphatic rings. The molecule has 3 nitrogen and oxygen atoms in total. The van der Waals surface area contributed by atoms with E-state index in [-0.39, 0.29) is 0 Å². The number of hydrogen-bond acceptors (Lipinski definition) is 3. The summed E-state index contributed by atoms with van der Waals surface area (Å²) in [4.78, 5) is 0. The molecule has 1 rings (SSSR count). The number of rotatable bonds is 8. The standard InChI is InChI=1S/C15H24O3/c1-5-16-15(17-6-2,18-7-3)12-14-10-8-13(4)9-11-14/h8-11H,5-7,12H2,1-4H3. The third-order valence-electron chi connectivity index (χ3n) is 2.63. The molecule has 0 aliphatic carbocycles. The lowest BCUT2D eigenvalue weighted by atomic mass is 10.1. The largest absolute Gasteiger partial charge is 0.327 e. The normalized spacial score (nSPS) is 11.8. The first-order valence-corrected chi connectivity index (χ1v) is 6.63. The fourth-order valence-corrected chi connectivity index (χ4v) is 1.89. The van der Waals surface area contributed by atoms with E-state index in [4.69, 9.17) is 14.2 Å². The Labute approximate surface area is 110 Å². The van der Waals surface area contributed by atoms with Gasteiger partial charge in [-0.05, 0) is 33.3 Å². The van der Waals surface area contributed by atoms with Gasteiger partial charge in [0.2, 0.25) is 0 Å². The van der Waals surface area contributed by atoms with Gasteiger partial charge in [-0.1, -0.05) is 29.8 Å². The van der Waals surface area contributed by atoms with Gasteiger partial charge in [0, 0.05) is 19.8 Å². The molecule has 0 saturated carbocycles. The van der Waals surface area contributed by atoms with Crippen LogP contribution < -0.4 is 0 Å². The summed E-state index contributed by atoms with van der Waals surface area (Å²) < 4.78 is 17.1. The number of aryl methyl sites for hydroxylation is 1. The number of hydrogen-bond donors (Lipinski definition) is 0. The van der Waals surface area contributed by atoms with Crippen LogP contribution in [-0.4, -0.2) is 25.8 Å². The summed E-state index contributed by atoms with van der Waals surface area (Å²) >= 11 is 0. The van der Waals surface area contributed by atoms with Gasteiger partial charge >= 0.3 is 0 Å². The van der Waals surface area contributed by atoms with Crippen molar-refractivity contribution in [1.82, 2.24) is 0 Å². The van der Waals surface area contributed by atoms with Gasteiger partial charge in [-0.15, -0.1) is 0 Å². The molecule has 0 N–H and O–H groups in total. The summed E-state index contributed by atoms with van der Waals surface area (Å²) in [6.07, 6.45) is 0.600. The second kappa shape index (κ2) is 7.52. The SMILES string of the molecule is CCOC(Cc1ccc(C)cc1)(OCC)OCC. The van der Waals surface area contributed by atoms with Crippen molar-refractivity contribution in [3.8, 4) is 0 Å². The van der Waals surface area contributed by atoms with Crippen LogP contribution in [0.15, 0.2) is 24.3 Å². The Kier molecular flexibility index (Phi) is 6.33. The molecule has 0 aromatic heterocycles. The second-order valence-electron chi connectivity index (χ2n) is 4.14. The van der Waals surface area contributed by atoms with Crippen molar-refractivity contribution in [3.63, 3.8) is 0 Å². The summed E-state index contributed by atoms with van der Waals surface area (Å²) in [6, 6.07) is 8.34. The van der Waals surface area contributed by atoms with Crippen molar-refractivity contribution in [3.05, 3.63) is 35.4 Å². The maximum Gasteiger partial charge on any atom is 0.287 e. The fourth-order valence-electron chi connectivity index (χ4n) is 1.89. The molecule has 102 valence electrons. The molecule has 0 aliphatic heterocycles. The van der Waals surface area contributed by atoms with Crippen molar-refractivity contribution >= 4 is 0 Å². The summed E-state index contributed by atoms with van der Waals surface area (Å²) in [6.45, 7) is 9.60. The smallest absolute Gasteiger partial charge is 0.287 e. The van der Waals surface area contributed by atoms with Gasteiger partial charge in [0.25, 0.3) is 5.97 Å². The second-order valence-corrected chi connectivity index (χ2v) is 4.14. The molecule has 0 bridgehead atoms. The monoisotopic (exact) mass is 252 g/mol. The Bertz CT molecular complexity index is 315. The molecule has 0 saturated heterocycles. The Morgan fingerprint density at radius 3 is 1.67 bits per heavy atom. The molecule has 18 heavy (non-hydrogen) atoms. The minimum absolute atomic E-state index is 0.561. The Morgan fingerprint density at radius 1 is 0.833 bits per heavy atom. The van der Waals surface area contributed by atoms with E-state index in [9.17, 15) is 0 Å². The quantitative estimate of drug-likeness (QED) is 0.664. The van der Waals surface area contributed by atoms with Crippen LogP contribution in [-0.2, 0) is 20.6 Å². The lowest BCUT2D eigenvalue weighted by Gasteiger charge is -2.32. The predicted octanol–water partition coefficient (Wildman–Crippen LogP) is 3.30. The van der Waals surface area contributed by atoms with Crippen molar-refractivity contribution in [2.24, 2.45) is 0 Å². The molecule has 0 amide bonds. The Morgan fingerprint density at radius 2 is 1.28 bits per heavy atom. The maximum absolute atomic E-state index is 5.70. The molecule has 0 heterocycles. The highest BCUT2D eigenvalue weighted by Crippen LogP contribution is 2.22. The van der Waals surface area contributed by atoms with Crippen LogP contribution in [0.5, 0.6) is 0 Å². The lowest BCUT2D eigenvalue weighted by molar-refractivity contribution is -0.376. The Hall–Kier alpha value is -0.900. The molecule has 3 heteroatoms. The van der Waals surface area contributed by atoms with E-state index in [0.717, 1.165) is 5.56 Å². The number of benzene rings is 1. The van der Waals surface area contributed by atoms with Gasteiger partial charge in [0.15, 0.2) is 0 Å². The van der Waals surface area contributed by atoms with E-state index in [0.29, 0.717) is 26.2 Å². The van der Waals surface area contributed by atoms with E-state index in [1.807, 2.05) is 20.8 Å². The zero-order valence-corrected chi connectivity index (χ0v) is 11.9. The zero-order valence-electron chi connectivity index (χ0n) is 11.9. The number of ether oxygens (including phenoxy) is 3. The van der Waals surface area contributed by atoms with Crippen LogP contribution in [0.1, 0.15) is 31.9 Å². The molecule has 1 aromatic rings. The van der Waals surface area contributed by atoms with Crippen molar-refractivity contribution in [1.29, 1.82) is 0 Å². The van der Waals surface area contributed by atoms with E-state index < -0.39 is 5.97 Å². The van der Waals surface area contributed by atoms with E-state index in [1.54, 1.807) is 0 Å². The lowest BCUT2D eigenvalue weighted by Crippen LogP contribution is -2.41. The minimum atomic E-state index is -0.951. The van der Waals surface area contributed by atoms with Crippen LogP contribution in [0, 0.1) is 6.92 Å². The average Bonchev–Trinajstić information content (AvgIpc) is 2.33. The zero-order chi connectivity index (χ0) is 13.4. The summed E-state index contributed by atoms with van der Waals surface area (Å²) in [5.41, 5.74) is 2.39. The maximum atomic E-state index is 5.70. The van der Waals surface area contributed by atoms with Crippen LogP contribution in [0.4, 0.5) is 0 Å². The highest BCUT2D eigenvalue weighted by Gasteiger charge is 2.32. The molecular weight excluding hydrogens is 228 g/mol. The first kappa shape index (κ1) is 15.2. The first-order valence-electron chi connectivity index (χ1n) is 6.63. The molecule has 0 unspecified atom stereocenters. The fraction of sp³-hybridized carbons (Fsp3) is 0.600. The van der Waals surface area contributed by atoms with Gasteiger partial charge in [0.1, 0.15) is 0 Å².